The van der Waals surface area contributed by atoms with Crippen molar-refractivity contribution in [3.8, 4) is 0 Å². The molecule has 0 unspecified atom stereocenters. The normalized spacial score (nSPS) is 20.7. The molecule has 206 valence electrons. The number of carbonyl (C=O) groups excluding carboxylic acids is 1. The van der Waals surface area contributed by atoms with Crippen molar-refractivity contribution in [1.82, 2.24) is 14.9 Å². The van der Waals surface area contributed by atoms with Gasteiger partial charge in [-0.3, -0.25) is 0 Å². The summed E-state index contributed by atoms with van der Waals surface area (Å²) < 4.78 is 42.4. The fourth-order valence-corrected chi connectivity index (χ4v) is 5.99. The van der Waals surface area contributed by atoms with Gasteiger partial charge in [0, 0.05) is 38.0 Å². The zero-order valence-electron chi connectivity index (χ0n) is 23.0. The molecule has 0 saturated heterocycles. The average molecular weight is 528 g/mol. The number of ether oxygens (including phenoxy) is 2. The smallest absolute Gasteiger partial charge is 0.332 e. The Hall–Kier alpha value is -2.84. The molecule has 3 aromatic rings. The van der Waals surface area contributed by atoms with Crippen LogP contribution in [0.25, 0.3) is 11.0 Å². The predicted octanol–water partition coefficient (Wildman–Crippen LogP) is 5.99. The minimum absolute atomic E-state index is 0.0127. The van der Waals surface area contributed by atoms with E-state index >= 15 is 8.78 Å². The number of alkyl halides is 2. The van der Waals surface area contributed by atoms with E-state index in [0.29, 0.717) is 18.5 Å². The number of hydrogen-bond donors (Lipinski definition) is 1. The van der Waals surface area contributed by atoms with Gasteiger partial charge < -0.3 is 19.4 Å². The number of aromatic nitrogens is 2. The van der Waals surface area contributed by atoms with Crippen LogP contribution in [0, 0.1) is 12.8 Å². The molecule has 1 aliphatic carbocycles. The molecule has 0 aliphatic heterocycles. The number of aromatic amines is 1. The van der Waals surface area contributed by atoms with Crippen LogP contribution in [0.5, 0.6) is 0 Å². The summed E-state index contributed by atoms with van der Waals surface area (Å²) in [5.41, 5.74) is 2.03. The molecule has 0 amide bonds. The number of fused-ring (bicyclic) bond motifs is 2. The summed E-state index contributed by atoms with van der Waals surface area (Å²) in [7, 11) is 3.38. The lowest BCUT2D eigenvalue weighted by atomic mass is 9.64. The zero-order valence-corrected chi connectivity index (χ0v) is 23.0. The first-order chi connectivity index (χ1) is 18.0. The third-order valence-corrected chi connectivity index (χ3v) is 7.58. The molecule has 2 atom stereocenters. The van der Waals surface area contributed by atoms with Gasteiger partial charge in [0.25, 0.3) is 5.92 Å². The van der Waals surface area contributed by atoms with E-state index in [1.54, 1.807) is 12.1 Å². The van der Waals surface area contributed by atoms with Gasteiger partial charge in [-0.2, -0.15) is 0 Å². The van der Waals surface area contributed by atoms with Gasteiger partial charge in [-0.1, -0.05) is 43.7 Å². The number of nitrogens with one attached hydrogen (secondary N) is 1. The van der Waals surface area contributed by atoms with Gasteiger partial charge in [0.2, 0.25) is 0 Å². The molecular formula is C30H39F2N3O3. The quantitative estimate of drug-likeness (QED) is 0.310. The Morgan fingerprint density at radius 3 is 2.68 bits per heavy atom. The Balaban J connectivity index is 1.51. The predicted molar refractivity (Wildman–Crippen MR) is 144 cm³/mol. The number of para-hydroxylation sites is 2. The number of halogens is 2. The van der Waals surface area contributed by atoms with Crippen LogP contribution in [0.4, 0.5) is 8.78 Å². The van der Waals surface area contributed by atoms with Gasteiger partial charge in [0.1, 0.15) is 18.0 Å². The summed E-state index contributed by atoms with van der Waals surface area (Å²) in [6.07, 6.45) is 1.40. The van der Waals surface area contributed by atoms with Crippen molar-refractivity contribution in [1.29, 1.82) is 0 Å². The lowest BCUT2D eigenvalue weighted by molar-refractivity contribution is -0.188. The molecular weight excluding hydrogens is 488 g/mol. The van der Waals surface area contributed by atoms with Gasteiger partial charge >= 0.3 is 5.97 Å². The van der Waals surface area contributed by atoms with Crippen molar-refractivity contribution >= 4 is 17.0 Å². The summed E-state index contributed by atoms with van der Waals surface area (Å²) in [6.45, 7) is 6.84. The number of imidazole rings is 1. The first kappa shape index (κ1) is 28.2. The molecule has 1 N–H and O–H groups in total. The van der Waals surface area contributed by atoms with Crippen LogP contribution in [0.1, 0.15) is 61.5 Å². The van der Waals surface area contributed by atoms with E-state index in [1.165, 1.54) is 7.11 Å². The first-order valence-corrected chi connectivity index (χ1v) is 13.4. The molecule has 0 spiro atoms. The van der Waals surface area contributed by atoms with Crippen LogP contribution in [0.15, 0.2) is 42.5 Å². The number of hydrogen-bond acceptors (Lipinski definition) is 5. The highest BCUT2D eigenvalue weighted by molar-refractivity contribution is 5.74. The van der Waals surface area contributed by atoms with E-state index < -0.39 is 23.9 Å². The Kier molecular flexibility index (Phi) is 8.52. The lowest BCUT2D eigenvalue weighted by Crippen LogP contribution is -2.52. The van der Waals surface area contributed by atoms with Crippen molar-refractivity contribution in [3.05, 3.63) is 65.0 Å². The number of H-pyrrole nitrogens is 1. The van der Waals surface area contributed by atoms with Crippen molar-refractivity contribution in [2.45, 2.75) is 63.9 Å². The largest absolute Gasteiger partial charge is 0.456 e. The Bertz CT molecular complexity index is 1230. The summed E-state index contributed by atoms with van der Waals surface area (Å²) in [6, 6.07) is 13.2. The van der Waals surface area contributed by atoms with E-state index in [1.807, 2.05) is 58.2 Å². The minimum atomic E-state index is -3.11. The van der Waals surface area contributed by atoms with Crippen molar-refractivity contribution in [2.24, 2.45) is 5.92 Å². The average Bonchev–Trinajstić information content (AvgIpc) is 3.26. The van der Waals surface area contributed by atoms with Gasteiger partial charge in [-0.05, 0) is 56.6 Å². The number of benzene rings is 2. The maximum Gasteiger partial charge on any atom is 0.332 e. The molecule has 8 heteroatoms. The Morgan fingerprint density at radius 1 is 1.21 bits per heavy atom. The fourth-order valence-electron chi connectivity index (χ4n) is 5.99. The van der Waals surface area contributed by atoms with Crippen LogP contribution in [0.2, 0.25) is 0 Å². The number of aryl methyl sites for hydroxylation is 2. The van der Waals surface area contributed by atoms with E-state index in [2.05, 4.69) is 14.9 Å². The Morgan fingerprint density at radius 2 is 1.97 bits per heavy atom. The zero-order chi connectivity index (χ0) is 27.5. The lowest BCUT2D eigenvalue weighted by Gasteiger charge is -2.49. The van der Waals surface area contributed by atoms with E-state index in [4.69, 9.17) is 9.47 Å². The van der Waals surface area contributed by atoms with Crippen LogP contribution in [0.3, 0.4) is 0 Å². The summed E-state index contributed by atoms with van der Waals surface area (Å²) in [5.74, 6) is -3.16. The number of nitrogens with zero attached hydrogens (tertiary/aromatic N) is 2. The van der Waals surface area contributed by atoms with Crippen LogP contribution in [-0.4, -0.2) is 60.3 Å². The van der Waals surface area contributed by atoms with Gasteiger partial charge in [0.05, 0.1) is 17.5 Å². The van der Waals surface area contributed by atoms with Gasteiger partial charge in [0.15, 0.2) is 0 Å². The molecule has 0 fully saturated rings. The first-order valence-electron chi connectivity index (χ1n) is 13.4. The molecule has 2 aromatic carbocycles. The maximum absolute atomic E-state index is 15.7. The molecule has 0 radical (unpaired) electrons. The third-order valence-electron chi connectivity index (χ3n) is 7.58. The number of carbonyl (C=O) groups is 1. The third kappa shape index (κ3) is 6.07. The van der Waals surface area contributed by atoms with Gasteiger partial charge in [-0.25, -0.2) is 18.6 Å². The molecule has 6 nitrogen and oxygen atoms in total. The molecule has 1 aromatic heterocycles. The van der Waals surface area contributed by atoms with Crippen molar-refractivity contribution in [2.75, 3.05) is 33.9 Å². The molecule has 1 heterocycles. The van der Waals surface area contributed by atoms with E-state index in [-0.39, 0.29) is 24.0 Å². The highest BCUT2D eigenvalue weighted by atomic mass is 19.3. The Labute approximate surface area is 223 Å². The number of rotatable bonds is 11. The van der Waals surface area contributed by atoms with Crippen LogP contribution >= 0.6 is 0 Å². The summed E-state index contributed by atoms with van der Waals surface area (Å²) in [5, 5.41) is 0. The highest BCUT2D eigenvalue weighted by Crippen LogP contribution is 2.55. The molecule has 4 rings (SSSR count). The fraction of sp³-hybridized carbons (Fsp3) is 0.533. The molecule has 0 saturated carbocycles. The minimum Gasteiger partial charge on any atom is -0.456 e. The van der Waals surface area contributed by atoms with E-state index in [9.17, 15) is 4.79 Å². The van der Waals surface area contributed by atoms with Crippen molar-refractivity contribution in [3.63, 3.8) is 0 Å². The second-order valence-electron chi connectivity index (χ2n) is 11.0. The second kappa shape index (κ2) is 11.5. The van der Waals surface area contributed by atoms with Gasteiger partial charge in [-0.15, -0.1) is 0 Å². The van der Waals surface area contributed by atoms with E-state index in [0.717, 1.165) is 41.8 Å². The highest BCUT2D eigenvalue weighted by Gasteiger charge is 2.57. The molecule has 1 aliphatic rings. The van der Waals surface area contributed by atoms with Crippen LogP contribution < -0.4 is 0 Å². The maximum atomic E-state index is 15.7. The summed E-state index contributed by atoms with van der Waals surface area (Å²) in [4.78, 5) is 22.8. The molecule has 0 bridgehead atoms. The van der Waals surface area contributed by atoms with Crippen LogP contribution in [-0.2, 0) is 26.6 Å². The topological polar surface area (TPSA) is 67.5 Å². The standard InChI is InChI=1S/C30H39F2N3O3/c1-20(2)28-22-13-12-21(3)17-23(22)30(31,32)19-29(28,38-27(36)18-37-5)14-16-35(4)15-8-11-26-33-24-9-6-7-10-25(24)34-26/h6-7,9-10,12-13,17,20,28H,8,11,14-16,18-19H2,1-5H3,(H,33,34)/t28-,29+/m0/s1. The SMILES string of the molecule is COCC(=O)O[C@]1(CCN(C)CCCc2nc3ccccc3[nH]2)CC(F)(F)c2cc(C)ccc2[C@@H]1C(C)C. The molecule has 38 heavy (non-hydrogen) atoms. The number of esters is 1. The second-order valence-corrected chi connectivity index (χ2v) is 11.0. The monoisotopic (exact) mass is 527 g/mol. The van der Waals surface area contributed by atoms with Crippen molar-refractivity contribution < 1.29 is 23.0 Å². The number of methoxy groups -OCH3 is 1. The summed E-state index contributed by atoms with van der Waals surface area (Å²) >= 11 is 0.